The molecule has 6 atom stereocenters. The van der Waals surface area contributed by atoms with E-state index >= 15 is 0 Å². The second-order valence-corrected chi connectivity index (χ2v) is 17.3. The van der Waals surface area contributed by atoms with Crippen LogP contribution in [0.15, 0.2) is 30.3 Å². The van der Waals surface area contributed by atoms with Crippen molar-refractivity contribution in [1.29, 1.82) is 0 Å². The summed E-state index contributed by atoms with van der Waals surface area (Å²) in [5.41, 5.74) is -1.08. The molecular formula is C40H60N4O8. The maximum absolute atomic E-state index is 14.2. The molecule has 1 aliphatic carbocycles. The van der Waals surface area contributed by atoms with Crippen LogP contribution in [0.2, 0.25) is 0 Å². The van der Waals surface area contributed by atoms with Crippen molar-refractivity contribution in [2.24, 2.45) is 28.6 Å². The molecule has 52 heavy (non-hydrogen) atoms. The molecule has 1 saturated carbocycles. The minimum atomic E-state index is -0.974. The Morgan fingerprint density at radius 3 is 2.10 bits per heavy atom. The van der Waals surface area contributed by atoms with E-state index in [2.05, 4.69) is 24.5 Å². The Hall–Kier alpha value is -4.09. The number of hydrogen-bond acceptors (Lipinski definition) is 8. The van der Waals surface area contributed by atoms with Crippen LogP contribution in [0.5, 0.6) is 0 Å². The molecule has 0 aromatic heterocycles. The summed E-state index contributed by atoms with van der Waals surface area (Å²) in [7, 11) is 3.17. The number of fused-ring (bicyclic) bond motifs is 1. The molecule has 12 heteroatoms. The van der Waals surface area contributed by atoms with Gasteiger partial charge in [-0.05, 0) is 55.4 Å². The van der Waals surface area contributed by atoms with Crippen molar-refractivity contribution in [3.05, 3.63) is 35.9 Å². The number of likely N-dealkylation sites (tertiary alicyclic amines) is 1. The fourth-order valence-electron chi connectivity index (χ4n) is 7.27. The number of rotatable bonds is 16. The zero-order chi connectivity index (χ0) is 39.3. The Bertz CT molecular complexity index is 1510. The number of piperidine rings is 1. The van der Waals surface area contributed by atoms with Gasteiger partial charge in [0, 0.05) is 45.8 Å². The van der Waals surface area contributed by atoms with E-state index in [1.807, 2.05) is 27.7 Å². The van der Waals surface area contributed by atoms with Gasteiger partial charge in [-0.25, -0.2) is 4.79 Å². The van der Waals surface area contributed by atoms with Gasteiger partial charge in [0.25, 0.3) is 0 Å². The predicted molar refractivity (Wildman–Crippen MR) is 197 cm³/mol. The maximum Gasteiger partial charge on any atom is 0.408 e. The summed E-state index contributed by atoms with van der Waals surface area (Å²) in [6, 6.07) is 6.03. The first-order valence-electron chi connectivity index (χ1n) is 18.5. The van der Waals surface area contributed by atoms with E-state index < -0.39 is 58.6 Å². The topological polar surface area (TPSA) is 159 Å². The van der Waals surface area contributed by atoms with Gasteiger partial charge in [0.05, 0.1) is 6.04 Å². The van der Waals surface area contributed by atoms with Gasteiger partial charge >= 0.3 is 6.09 Å². The Kier molecular flexibility index (Phi) is 13.6. The number of ketones is 3. The summed E-state index contributed by atoms with van der Waals surface area (Å²) < 4.78 is 5.45. The van der Waals surface area contributed by atoms with Gasteiger partial charge in [0.2, 0.25) is 23.5 Å². The van der Waals surface area contributed by atoms with E-state index in [-0.39, 0.29) is 54.1 Å². The molecule has 1 aromatic carbocycles. The first-order chi connectivity index (χ1) is 24.0. The predicted octanol–water partition coefficient (Wildman–Crippen LogP) is 5.04. The number of benzene rings is 1. The quantitative estimate of drug-likeness (QED) is 0.225. The van der Waals surface area contributed by atoms with E-state index in [0.29, 0.717) is 24.9 Å². The number of unbranched alkanes of at least 4 members (excludes halogenated alkanes) is 1. The summed E-state index contributed by atoms with van der Waals surface area (Å²) in [5.74, 6) is -3.96. The molecule has 2 N–H and O–H groups in total. The number of likely N-dealkylation sites (N-methyl/N-ethyl adjacent to an activating group) is 1. The smallest absolute Gasteiger partial charge is 0.408 e. The standard InChI is InChI=1S/C40H60N4O8/c1-12-13-17-25(33(48)27(45)20-21-29(47)41-31(35(49)43(10)11)24-18-15-14-16-19-24)22-28(46)32-30-26(40(30,8)9)23-44(32)36(50)34(38(2,3)4)42-37(51)52-39(5,6)7/h14-16,18-19,25-26,30-32,34H,12-13,17,20-23H2,1-11H3,(H,41,47)(H,42,51)/t25?,26?,30?,31-,32+,34+/m0/s1. The van der Waals surface area contributed by atoms with E-state index in [9.17, 15) is 33.6 Å². The average Bonchev–Trinajstić information content (AvgIpc) is 3.35. The third-order valence-corrected chi connectivity index (χ3v) is 10.3. The Labute approximate surface area is 309 Å². The molecule has 12 nitrogen and oxygen atoms in total. The summed E-state index contributed by atoms with van der Waals surface area (Å²) in [5, 5.41) is 5.44. The number of nitrogens with zero attached hydrogens (tertiary/aromatic N) is 2. The molecule has 2 fully saturated rings. The minimum Gasteiger partial charge on any atom is -0.444 e. The minimum absolute atomic E-state index is 0.0802. The number of carbonyl (C=O) groups excluding carboxylic acids is 7. The molecule has 4 amide bonds. The van der Waals surface area contributed by atoms with Gasteiger partial charge in [-0.3, -0.25) is 28.8 Å². The first-order valence-corrected chi connectivity index (χ1v) is 18.5. The summed E-state index contributed by atoms with van der Waals surface area (Å²) in [6.45, 7) is 17.1. The number of nitrogens with one attached hydrogen (secondary N) is 2. The zero-order valence-electron chi connectivity index (χ0n) is 33.0. The van der Waals surface area contributed by atoms with Crippen LogP contribution in [0, 0.1) is 28.6 Å². The van der Waals surface area contributed by atoms with Crippen molar-refractivity contribution < 1.29 is 38.3 Å². The normalized spacial score (nSPS) is 20.8. The third kappa shape index (κ3) is 10.5. The van der Waals surface area contributed by atoms with Crippen molar-refractivity contribution in [1.82, 2.24) is 20.4 Å². The van der Waals surface area contributed by atoms with E-state index in [1.165, 1.54) is 4.90 Å². The number of alkyl carbamates (subject to hydrolysis) is 1. The molecule has 2 aliphatic rings. The third-order valence-electron chi connectivity index (χ3n) is 10.3. The molecule has 3 unspecified atom stereocenters. The number of ether oxygens (including phenoxy) is 1. The molecule has 1 saturated heterocycles. The van der Waals surface area contributed by atoms with Crippen LogP contribution in [0.25, 0.3) is 0 Å². The Morgan fingerprint density at radius 2 is 1.56 bits per heavy atom. The fraction of sp³-hybridized carbons (Fsp3) is 0.675. The van der Waals surface area contributed by atoms with E-state index in [0.717, 1.165) is 6.42 Å². The molecule has 1 aliphatic heterocycles. The van der Waals surface area contributed by atoms with Crippen LogP contribution in [0.1, 0.15) is 112 Å². The molecule has 0 bridgehead atoms. The van der Waals surface area contributed by atoms with Crippen LogP contribution in [0.3, 0.4) is 0 Å². The lowest BCUT2D eigenvalue weighted by Gasteiger charge is -2.38. The SMILES string of the molecule is CCCCC(CC(=O)[C@@H]1C2C(CN1C(=O)[C@@H](NC(=O)OC(C)(C)C)C(C)(C)C)C2(C)C)C(=O)C(=O)CCC(=O)N[C@H](C(=O)N(C)C)c1ccccc1. The van der Waals surface area contributed by atoms with E-state index in [1.54, 1.807) is 70.1 Å². The summed E-state index contributed by atoms with van der Waals surface area (Å²) >= 11 is 0. The van der Waals surface area contributed by atoms with Crippen molar-refractivity contribution >= 4 is 41.2 Å². The lowest BCUT2D eigenvalue weighted by molar-refractivity contribution is -0.145. The number of carbonyl (C=O) groups is 7. The Balaban J connectivity index is 1.76. The molecule has 1 heterocycles. The lowest BCUT2D eigenvalue weighted by atomic mass is 9.83. The van der Waals surface area contributed by atoms with Crippen molar-refractivity contribution in [2.75, 3.05) is 20.6 Å². The zero-order valence-corrected chi connectivity index (χ0v) is 33.0. The fourth-order valence-corrected chi connectivity index (χ4v) is 7.27. The number of amides is 4. The largest absolute Gasteiger partial charge is 0.444 e. The first kappa shape index (κ1) is 42.3. The average molecular weight is 725 g/mol. The summed E-state index contributed by atoms with van der Waals surface area (Å²) in [6.07, 6.45) is 0.0574. The van der Waals surface area contributed by atoms with Crippen LogP contribution in [-0.4, -0.2) is 89.3 Å². The van der Waals surface area contributed by atoms with Crippen molar-refractivity contribution in [2.45, 2.75) is 125 Å². The Morgan fingerprint density at radius 1 is 0.942 bits per heavy atom. The van der Waals surface area contributed by atoms with Gasteiger partial charge in [-0.2, -0.15) is 0 Å². The monoisotopic (exact) mass is 724 g/mol. The van der Waals surface area contributed by atoms with E-state index in [4.69, 9.17) is 4.74 Å². The van der Waals surface area contributed by atoms with Gasteiger partial charge in [-0.15, -0.1) is 0 Å². The van der Waals surface area contributed by atoms with Gasteiger partial charge < -0.3 is 25.2 Å². The summed E-state index contributed by atoms with van der Waals surface area (Å²) in [4.78, 5) is 96.9. The van der Waals surface area contributed by atoms with Crippen LogP contribution in [0.4, 0.5) is 4.79 Å². The molecule has 3 rings (SSSR count). The molecule has 0 spiro atoms. The van der Waals surface area contributed by atoms with Gasteiger partial charge in [0.15, 0.2) is 11.6 Å². The van der Waals surface area contributed by atoms with Gasteiger partial charge in [-0.1, -0.05) is 84.7 Å². The highest BCUT2D eigenvalue weighted by molar-refractivity contribution is 6.38. The van der Waals surface area contributed by atoms with Crippen LogP contribution in [-0.2, 0) is 33.5 Å². The number of Topliss-reactive ketones (excluding diaryl/α,β-unsaturated/α-hetero) is 3. The highest BCUT2D eigenvalue weighted by Gasteiger charge is 2.69. The molecule has 288 valence electrons. The van der Waals surface area contributed by atoms with Crippen molar-refractivity contribution in [3.8, 4) is 0 Å². The molecular weight excluding hydrogens is 664 g/mol. The van der Waals surface area contributed by atoms with Crippen LogP contribution < -0.4 is 10.6 Å². The molecule has 0 radical (unpaired) electrons. The second kappa shape index (κ2) is 16.7. The van der Waals surface area contributed by atoms with Crippen molar-refractivity contribution in [3.63, 3.8) is 0 Å². The molecule has 1 aromatic rings. The maximum atomic E-state index is 14.2. The highest BCUT2D eigenvalue weighted by Crippen LogP contribution is 2.65. The highest BCUT2D eigenvalue weighted by atomic mass is 16.6. The van der Waals surface area contributed by atoms with Gasteiger partial charge in [0.1, 0.15) is 17.7 Å². The lowest BCUT2D eigenvalue weighted by Crippen LogP contribution is -2.58. The number of hydrogen-bond donors (Lipinski definition) is 2. The van der Waals surface area contributed by atoms with Crippen LogP contribution >= 0.6 is 0 Å². The second-order valence-electron chi connectivity index (χ2n) is 17.3.